The van der Waals surface area contributed by atoms with Crippen molar-refractivity contribution >= 4 is 17.2 Å². The molecule has 0 bridgehead atoms. The van der Waals surface area contributed by atoms with E-state index in [1.807, 2.05) is 0 Å². The van der Waals surface area contributed by atoms with Gasteiger partial charge < -0.3 is 5.43 Å². The number of halogens is 2. The molecule has 1 aromatic carbocycles. The van der Waals surface area contributed by atoms with E-state index in [1.54, 1.807) is 0 Å². The predicted octanol–water partition coefficient (Wildman–Crippen LogP) is 1.30. The predicted molar refractivity (Wildman–Crippen MR) is 50.0 cm³/mol. The van der Waals surface area contributed by atoms with Gasteiger partial charge in [0, 0.05) is 12.5 Å². The smallest absolute Gasteiger partial charge is 0.129 e. The molecule has 0 aliphatic rings. The lowest BCUT2D eigenvalue weighted by Gasteiger charge is -2.03. The highest BCUT2D eigenvalue weighted by Crippen LogP contribution is 2.10. The highest BCUT2D eigenvalue weighted by Gasteiger charge is 2.05. The van der Waals surface area contributed by atoms with E-state index >= 15 is 0 Å². The fourth-order valence-corrected chi connectivity index (χ4v) is 1.04. The Labute approximate surface area is 79.7 Å². The maximum atomic E-state index is 13.0. The summed E-state index contributed by atoms with van der Waals surface area (Å²) in [6.45, 7) is 0. The van der Waals surface area contributed by atoms with Gasteiger partial charge in [0.15, 0.2) is 0 Å². The molecule has 0 spiro atoms. The van der Waals surface area contributed by atoms with Crippen molar-refractivity contribution in [2.24, 2.45) is 5.84 Å². The molecule has 3 N–H and O–H groups in total. The van der Waals surface area contributed by atoms with Gasteiger partial charge >= 0.3 is 0 Å². The molecule has 0 saturated carbocycles. The molecule has 0 fully saturated rings. The minimum absolute atomic E-state index is 0.179. The summed E-state index contributed by atoms with van der Waals surface area (Å²) in [4.78, 5) is 0.311. The second kappa shape index (κ2) is 4.25. The van der Waals surface area contributed by atoms with Crippen molar-refractivity contribution in [2.75, 3.05) is 0 Å². The van der Waals surface area contributed by atoms with Crippen LogP contribution in [0.15, 0.2) is 18.2 Å². The van der Waals surface area contributed by atoms with Crippen LogP contribution in [0.3, 0.4) is 0 Å². The summed E-state index contributed by atoms with van der Waals surface area (Å²) in [7, 11) is 0. The lowest BCUT2D eigenvalue weighted by molar-refractivity contribution is 0.575. The molecular formula is C8H8F2N2S. The number of nitrogens with two attached hydrogens (primary N) is 1. The maximum Gasteiger partial charge on any atom is 0.129 e. The number of hydrogen-bond donors (Lipinski definition) is 2. The minimum atomic E-state index is -0.613. The molecule has 70 valence electrons. The van der Waals surface area contributed by atoms with E-state index in [4.69, 9.17) is 18.1 Å². The number of nitrogens with one attached hydrogen (secondary N) is 1. The molecular weight excluding hydrogens is 194 g/mol. The SMILES string of the molecule is NNC(=S)Cc1ccc(F)cc1F. The summed E-state index contributed by atoms with van der Waals surface area (Å²) in [6.07, 6.45) is 0.179. The van der Waals surface area contributed by atoms with Gasteiger partial charge in [-0.05, 0) is 11.6 Å². The second-order valence-electron chi connectivity index (χ2n) is 2.48. The van der Waals surface area contributed by atoms with Gasteiger partial charge in [-0.15, -0.1) is 0 Å². The van der Waals surface area contributed by atoms with Crippen LogP contribution < -0.4 is 11.3 Å². The van der Waals surface area contributed by atoms with E-state index in [0.29, 0.717) is 10.6 Å². The van der Waals surface area contributed by atoms with Crippen LogP contribution in [-0.4, -0.2) is 4.99 Å². The Hall–Kier alpha value is -1.07. The average molecular weight is 202 g/mol. The monoisotopic (exact) mass is 202 g/mol. The molecule has 0 radical (unpaired) electrons. The van der Waals surface area contributed by atoms with Crippen LogP contribution in [0.5, 0.6) is 0 Å². The van der Waals surface area contributed by atoms with Gasteiger partial charge in [-0.25, -0.2) is 8.78 Å². The van der Waals surface area contributed by atoms with Crippen molar-refractivity contribution in [3.63, 3.8) is 0 Å². The number of thiocarbonyl (C=S) groups is 1. The van der Waals surface area contributed by atoms with Crippen LogP contribution in [-0.2, 0) is 6.42 Å². The van der Waals surface area contributed by atoms with Crippen LogP contribution in [0.1, 0.15) is 5.56 Å². The fourth-order valence-electron chi connectivity index (χ4n) is 0.889. The first-order valence-electron chi connectivity index (χ1n) is 3.57. The highest BCUT2D eigenvalue weighted by molar-refractivity contribution is 7.80. The number of benzene rings is 1. The Kier molecular flexibility index (Phi) is 3.27. The summed E-state index contributed by atoms with van der Waals surface area (Å²) in [6, 6.07) is 3.33. The molecule has 13 heavy (non-hydrogen) atoms. The molecule has 0 aliphatic carbocycles. The zero-order valence-corrected chi connectivity index (χ0v) is 7.50. The first kappa shape index (κ1) is 10.0. The standard InChI is InChI=1S/C8H8F2N2S/c9-6-2-1-5(7(10)4-6)3-8(13)12-11/h1-2,4H,3,11H2,(H,12,13). The highest BCUT2D eigenvalue weighted by atomic mass is 32.1. The zero-order valence-electron chi connectivity index (χ0n) is 6.68. The third-order valence-electron chi connectivity index (χ3n) is 1.53. The molecule has 2 nitrogen and oxygen atoms in total. The number of hydrazine groups is 1. The zero-order chi connectivity index (χ0) is 9.84. The Morgan fingerprint density at radius 1 is 1.46 bits per heavy atom. The molecule has 0 amide bonds. The molecule has 0 aromatic heterocycles. The normalized spacial score (nSPS) is 9.77. The van der Waals surface area contributed by atoms with E-state index in [0.717, 1.165) is 6.07 Å². The quantitative estimate of drug-likeness (QED) is 0.431. The summed E-state index contributed by atoms with van der Waals surface area (Å²) >= 11 is 4.73. The van der Waals surface area contributed by atoms with E-state index in [9.17, 15) is 8.78 Å². The van der Waals surface area contributed by atoms with Gasteiger partial charge in [-0.2, -0.15) is 0 Å². The van der Waals surface area contributed by atoms with Crippen molar-refractivity contribution in [3.8, 4) is 0 Å². The van der Waals surface area contributed by atoms with Crippen molar-refractivity contribution in [2.45, 2.75) is 6.42 Å². The fraction of sp³-hybridized carbons (Fsp3) is 0.125. The van der Waals surface area contributed by atoms with Crippen molar-refractivity contribution in [1.29, 1.82) is 0 Å². The van der Waals surface area contributed by atoms with Crippen molar-refractivity contribution < 1.29 is 8.78 Å². The molecule has 1 aromatic rings. The number of hydrogen-bond acceptors (Lipinski definition) is 2. The largest absolute Gasteiger partial charge is 0.318 e. The first-order valence-corrected chi connectivity index (χ1v) is 3.97. The third kappa shape index (κ3) is 2.71. The Bertz CT molecular complexity index is 328. The van der Waals surface area contributed by atoms with Crippen LogP contribution in [0, 0.1) is 11.6 Å². The van der Waals surface area contributed by atoms with Gasteiger partial charge in [0.1, 0.15) is 11.6 Å². The Morgan fingerprint density at radius 2 is 2.15 bits per heavy atom. The lowest BCUT2D eigenvalue weighted by Crippen LogP contribution is -2.30. The molecule has 0 atom stereocenters. The summed E-state index contributed by atoms with van der Waals surface area (Å²) in [5.41, 5.74) is 2.55. The minimum Gasteiger partial charge on any atom is -0.318 e. The first-order chi connectivity index (χ1) is 6.13. The van der Waals surface area contributed by atoms with Crippen molar-refractivity contribution in [1.82, 2.24) is 5.43 Å². The topological polar surface area (TPSA) is 38.0 Å². The van der Waals surface area contributed by atoms with Crippen LogP contribution >= 0.6 is 12.2 Å². The van der Waals surface area contributed by atoms with E-state index in [1.165, 1.54) is 12.1 Å². The molecule has 5 heteroatoms. The van der Waals surface area contributed by atoms with Gasteiger partial charge in [0.05, 0.1) is 4.99 Å². The van der Waals surface area contributed by atoms with Gasteiger partial charge in [-0.1, -0.05) is 18.3 Å². The van der Waals surface area contributed by atoms with Crippen LogP contribution in [0.2, 0.25) is 0 Å². The second-order valence-corrected chi connectivity index (χ2v) is 2.97. The molecule has 1 rings (SSSR count). The summed E-state index contributed by atoms with van der Waals surface area (Å²) < 4.78 is 25.4. The lowest BCUT2D eigenvalue weighted by atomic mass is 10.1. The van der Waals surface area contributed by atoms with Crippen LogP contribution in [0.25, 0.3) is 0 Å². The Balaban J connectivity index is 2.83. The maximum absolute atomic E-state index is 13.0. The Morgan fingerprint density at radius 3 is 2.69 bits per heavy atom. The molecule has 0 heterocycles. The van der Waals surface area contributed by atoms with Crippen molar-refractivity contribution in [3.05, 3.63) is 35.4 Å². The average Bonchev–Trinajstić information content (AvgIpc) is 2.09. The van der Waals surface area contributed by atoms with E-state index in [2.05, 4.69) is 5.43 Å². The molecule has 0 saturated heterocycles. The van der Waals surface area contributed by atoms with Gasteiger partial charge in [0.2, 0.25) is 0 Å². The third-order valence-corrected chi connectivity index (χ3v) is 1.79. The molecule has 0 aliphatic heterocycles. The molecule has 0 unspecified atom stereocenters. The van der Waals surface area contributed by atoms with Crippen LogP contribution in [0.4, 0.5) is 8.78 Å². The summed E-state index contributed by atoms with van der Waals surface area (Å²) in [5.74, 6) is 3.79. The number of rotatable bonds is 2. The van der Waals surface area contributed by atoms with Gasteiger partial charge in [-0.3, -0.25) is 5.84 Å². The van der Waals surface area contributed by atoms with E-state index < -0.39 is 11.6 Å². The summed E-state index contributed by atoms with van der Waals surface area (Å²) in [5, 5.41) is 0. The van der Waals surface area contributed by atoms with E-state index in [-0.39, 0.29) is 6.42 Å². The van der Waals surface area contributed by atoms with Gasteiger partial charge in [0.25, 0.3) is 0 Å².